The zero-order valence-corrected chi connectivity index (χ0v) is 6.42. The normalized spacial score (nSPS) is 11.2. The molecule has 0 heterocycles. The summed E-state index contributed by atoms with van der Waals surface area (Å²) in [5.74, 6) is -0.669. The van der Waals surface area contributed by atoms with E-state index in [2.05, 4.69) is 15.9 Å². The Kier molecular flexibility index (Phi) is 3.70. The van der Waals surface area contributed by atoms with Gasteiger partial charge in [0, 0.05) is 0 Å². The first-order valence-electron chi connectivity index (χ1n) is 2.35. The summed E-state index contributed by atoms with van der Waals surface area (Å²) in [4.78, 5) is 10.2. The molecule has 0 fully saturated rings. The third kappa shape index (κ3) is 5.87. The second kappa shape index (κ2) is 3.80. The van der Waals surface area contributed by atoms with Crippen molar-refractivity contribution in [2.75, 3.05) is 11.9 Å². The van der Waals surface area contributed by atoms with Gasteiger partial charge in [0.2, 0.25) is 5.91 Å². The predicted octanol–water partition coefficient (Wildman–Crippen LogP) is 1.06. The Bertz CT molecular complexity index is 124. The lowest BCUT2D eigenvalue weighted by molar-refractivity contribution is -0.136. The average Bonchev–Trinajstić information content (AvgIpc) is 1.81. The van der Waals surface area contributed by atoms with Gasteiger partial charge >= 0.3 is 6.18 Å². The van der Waals surface area contributed by atoms with E-state index in [1.54, 1.807) is 5.32 Å². The molecule has 6 heteroatoms. The summed E-state index contributed by atoms with van der Waals surface area (Å²) >= 11 is 2.70. The SMILES string of the molecule is O=C(CBr)NCC(F)(F)F. The van der Waals surface area contributed by atoms with Gasteiger partial charge in [-0.2, -0.15) is 13.2 Å². The maximum Gasteiger partial charge on any atom is 0.405 e. The van der Waals surface area contributed by atoms with Crippen LogP contribution in [0.1, 0.15) is 0 Å². The van der Waals surface area contributed by atoms with E-state index in [0.29, 0.717) is 0 Å². The van der Waals surface area contributed by atoms with E-state index in [1.807, 2.05) is 0 Å². The number of carbonyl (C=O) groups is 1. The maximum atomic E-state index is 11.3. The van der Waals surface area contributed by atoms with E-state index >= 15 is 0 Å². The van der Waals surface area contributed by atoms with Crippen molar-refractivity contribution in [3.05, 3.63) is 0 Å². The molecule has 1 N–H and O–H groups in total. The van der Waals surface area contributed by atoms with E-state index in [4.69, 9.17) is 0 Å². The molecule has 0 saturated carbocycles. The topological polar surface area (TPSA) is 29.1 Å². The van der Waals surface area contributed by atoms with Crippen LogP contribution in [0.25, 0.3) is 0 Å². The van der Waals surface area contributed by atoms with Crippen LogP contribution in [0.4, 0.5) is 13.2 Å². The van der Waals surface area contributed by atoms with Crippen LogP contribution in [-0.2, 0) is 4.79 Å². The third-order valence-corrected chi connectivity index (χ3v) is 1.12. The van der Waals surface area contributed by atoms with Crippen LogP contribution < -0.4 is 5.32 Å². The Morgan fingerprint density at radius 1 is 1.50 bits per heavy atom. The average molecular weight is 220 g/mol. The molecular weight excluding hydrogens is 215 g/mol. The van der Waals surface area contributed by atoms with Crippen LogP contribution in [-0.4, -0.2) is 24.0 Å². The van der Waals surface area contributed by atoms with Crippen LogP contribution >= 0.6 is 15.9 Å². The zero-order chi connectivity index (χ0) is 8.20. The summed E-state index contributed by atoms with van der Waals surface area (Å²) in [7, 11) is 0. The predicted molar refractivity (Wildman–Crippen MR) is 32.9 cm³/mol. The van der Waals surface area contributed by atoms with Crippen LogP contribution in [0.5, 0.6) is 0 Å². The number of hydrogen-bond donors (Lipinski definition) is 1. The standard InChI is InChI=1S/C4H5BrF3NO/c5-1-3(10)9-2-4(6,7)8/h1-2H2,(H,9,10). The molecule has 10 heavy (non-hydrogen) atoms. The number of alkyl halides is 4. The van der Waals surface area contributed by atoms with Gasteiger partial charge < -0.3 is 5.32 Å². The molecule has 60 valence electrons. The first-order chi connectivity index (χ1) is 4.45. The quantitative estimate of drug-likeness (QED) is 0.692. The van der Waals surface area contributed by atoms with E-state index in [0.717, 1.165) is 0 Å². The minimum Gasteiger partial charge on any atom is -0.346 e. The lowest BCUT2D eigenvalue weighted by Gasteiger charge is -2.05. The van der Waals surface area contributed by atoms with Crippen molar-refractivity contribution in [2.45, 2.75) is 6.18 Å². The first kappa shape index (κ1) is 9.74. The number of halogens is 4. The highest BCUT2D eigenvalue weighted by Crippen LogP contribution is 2.11. The molecule has 0 unspecified atom stereocenters. The molecule has 0 bridgehead atoms. The van der Waals surface area contributed by atoms with Crippen molar-refractivity contribution < 1.29 is 18.0 Å². The Balaban J connectivity index is 3.46. The van der Waals surface area contributed by atoms with Gasteiger partial charge in [-0.1, -0.05) is 15.9 Å². The van der Waals surface area contributed by atoms with Gasteiger partial charge in [0.15, 0.2) is 0 Å². The molecule has 1 amide bonds. The summed E-state index contributed by atoms with van der Waals surface area (Å²) in [5.41, 5.74) is 0. The Morgan fingerprint density at radius 2 is 2.00 bits per heavy atom. The van der Waals surface area contributed by atoms with E-state index in [9.17, 15) is 18.0 Å². The summed E-state index contributed by atoms with van der Waals surface area (Å²) in [6.07, 6.45) is -4.32. The van der Waals surface area contributed by atoms with Crippen LogP contribution in [0.3, 0.4) is 0 Å². The highest BCUT2D eigenvalue weighted by Gasteiger charge is 2.27. The van der Waals surface area contributed by atoms with E-state index in [1.165, 1.54) is 0 Å². The van der Waals surface area contributed by atoms with E-state index in [-0.39, 0.29) is 5.33 Å². The summed E-state index contributed by atoms with van der Waals surface area (Å²) < 4.78 is 34.0. The number of rotatable bonds is 2. The maximum absolute atomic E-state index is 11.3. The largest absolute Gasteiger partial charge is 0.405 e. The molecule has 0 spiro atoms. The number of hydrogen-bond acceptors (Lipinski definition) is 1. The summed E-state index contributed by atoms with van der Waals surface area (Å²) in [5, 5.41) is 1.55. The van der Waals surface area contributed by atoms with Gasteiger partial charge in [-0.25, -0.2) is 0 Å². The van der Waals surface area contributed by atoms with Gasteiger partial charge in [-0.3, -0.25) is 4.79 Å². The van der Waals surface area contributed by atoms with Crippen molar-refractivity contribution in [2.24, 2.45) is 0 Å². The smallest absolute Gasteiger partial charge is 0.346 e. The van der Waals surface area contributed by atoms with Gasteiger partial charge in [-0.05, 0) is 0 Å². The number of nitrogens with one attached hydrogen (secondary N) is 1. The molecule has 2 nitrogen and oxygen atoms in total. The molecule has 0 radical (unpaired) electrons. The van der Waals surface area contributed by atoms with Gasteiger partial charge in [0.05, 0.1) is 5.33 Å². The van der Waals surface area contributed by atoms with Crippen molar-refractivity contribution in [1.82, 2.24) is 5.32 Å². The highest BCUT2D eigenvalue weighted by molar-refractivity contribution is 9.09. The minimum atomic E-state index is -4.32. The van der Waals surface area contributed by atoms with Crippen molar-refractivity contribution in [3.63, 3.8) is 0 Å². The molecule has 0 atom stereocenters. The third-order valence-electron chi connectivity index (χ3n) is 0.607. The van der Waals surface area contributed by atoms with Crippen LogP contribution in [0.2, 0.25) is 0 Å². The zero-order valence-electron chi connectivity index (χ0n) is 4.83. The molecule has 0 aromatic rings. The fourth-order valence-electron chi connectivity index (χ4n) is 0.246. The second-order valence-corrected chi connectivity index (χ2v) is 2.09. The molecule has 0 aliphatic heterocycles. The molecule has 0 aliphatic rings. The Hall–Kier alpha value is -0.260. The molecule has 0 saturated heterocycles. The Morgan fingerprint density at radius 3 is 2.30 bits per heavy atom. The van der Waals surface area contributed by atoms with Crippen molar-refractivity contribution >= 4 is 21.8 Å². The van der Waals surface area contributed by atoms with Crippen LogP contribution in [0.15, 0.2) is 0 Å². The highest BCUT2D eigenvalue weighted by atomic mass is 79.9. The number of carbonyl (C=O) groups excluding carboxylic acids is 1. The van der Waals surface area contributed by atoms with Gasteiger partial charge in [0.25, 0.3) is 0 Å². The lowest BCUT2D eigenvalue weighted by atomic mass is 10.6. The first-order valence-corrected chi connectivity index (χ1v) is 3.47. The molecule has 0 rings (SSSR count). The van der Waals surface area contributed by atoms with Crippen molar-refractivity contribution in [1.29, 1.82) is 0 Å². The lowest BCUT2D eigenvalue weighted by Crippen LogP contribution is -2.34. The fraction of sp³-hybridized carbons (Fsp3) is 0.750. The van der Waals surface area contributed by atoms with Crippen molar-refractivity contribution in [3.8, 4) is 0 Å². The van der Waals surface area contributed by atoms with Gasteiger partial charge in [0.1, 0.15) is 6.54 Å². The van der Waals surface area contributed by atoms with Crippen LogP contribution in [0, 0.1) is 0 Å². The summed E-state index contributed by atoms with van der Waals surface area (Å²) in [6.45, 7) is -1.27. The molecule has 0 aromatic carbocycles. The molecular formula is C4H5BrF3NO. The monoisotopic (exact) mass is 219 g/mol. The molecule has 0 aliphatic carbocycles. The Labute approximate surface area is 63.9 Å². The fourth-order valence-corrected chi connectivity index (χ4v) is 0.444. The summed E-state index contributed by atoms with van der Waals surface area (Å²) in [6, 6.07) is 0. The second-order valence-electron chi connectivity index (χ2n) is 1.53. The van der Waals surface area contributed by atoms with Gasteiger partial charge in [-0.15, -0.1) is 0 Å². The molecule has 0 aromatic heterocycles. The number of amides is 1. The minimum absolute atomic E-state index is 0.108. The van der Waals surface area contributed by atoms with E-state index < -0.39 is 18.6 Å².